The van der Waals surface area contributed by atoms with E-state index in [4.69, 9.17) is 11.6 Å². The first-order valence-corrected chi connectivity index (χ1v) is 6.65. The van der Waals surface area contributed by atoms with E-state index in [9.17, 15) is 0 Å². The number of hydrogen-bond donors (Lipinski definition) is 1. The minimum atomic E-state index is 0.0603. The Bertz CT molecular complexity index is 550. The third-order valence-corrected chi connectivity index (χ3v) is 3.14. The van der Waals surface area contributed by atoms with Crippen molar-refractivity contribution in [1.82, 2.24) is 20.1 Å². The number of aromatic nitrogens is 3. The molecule has 2 aromatic heterocycles. The average Bonchev–Trinajstić information content (AvgIpc) is 2.66. The molecule has 2 heterocycles. The molecule has 0 saturated carbocycles. The van der Waals surface area contributed by atoms with Crippen molar-refractivity contribution in [2.24, 2.45) is 0 Å². The Labute approximate surface area is 118 Å². The van der Waals surface area contributed by atoms with Gasteiger partial charge in [0.25, 0.3) is 0 Å². The van der Waals surface area contributed by atoms with Crippen LogP contribution in [0.25, 0.3) is 5.69 Å². The molecular formula is C14H19ClN4. The SMILES string of the molecule is Cc1nn(-c2ccncc2CNC(C)(C)C)cc1Cl. The second-order valence-electron chi connectivity index (χ2n) is 5.61. The summed E-state index contributed by atoms with van der Waals surface area (Å²) in [7, 11) is 0. The molecule has 0 radical (unpaired) electrons. The summed E-state index contributed by atoms with van der Waals surface area (Å²) < 4.78 is 1.80. The molecule has 0 atom stereocenters. The van der Waals surface area contributed by atoms with Gasteiger partial charge >= 0.3 is 0 Å². The summed E-state index contributed by atoms with van der Waals surface area (Å²) >= 11 is 6.07. The highest BCUT2D eigenvalue weighted by Gasteiger charge is 2.12. The van der Waals surface area contributed by atoms with Gasteiger partial charge in [0.1, 0.15) is 0 Å². The van der Waals surface area contributed by atoms with Crippen molar-refractivity contribution in [2.75, 3.05) is 0 Å². The predicted molar refractivity (Wildman–Crippen MR) is 77.7 cm³/mol. The molecule has 1 N–H and O–H groups in total. The molecule has 0 unspecified atom stereocenters. The largest absolute Gasteiger partial charge is 0.308 e. The van der Waals surface area contributed by atoms with Crippen LogP contribution in [-0.4, -0.2) is 20.3 Å². The van der Waals surface area contributed by atoms with E-state index in [1.54, 1.807) is 10.9 Å². The molecule has 0 spiro atoms. The van der Waals surface area contributed by atoms with Gasteiger partial charge in [0.15, 0.2) is 0 Å². The maximum atomic E-state index is 6.07. The second kappa shape index (κ2) is 5.31. The summed E-state index contributed by atoms with van der Waals surface area (Å²) in [6, 6.07) is 1.95. The lowest BCUT2D eigenvalue weighted by molar-refractivity contribution is 0.423. The number of pyridine rings is 1. The van der Waals surface area contributed by atoms with Crippen LogP contribution in [0.1, 0.15) is 32.0 Å². The van der Waals surface area contributed by atoms with E-state index in [2.05, 4.69) is 36.2 Å². The van der Waals surface area contributed by atoms with Gasteiger partial charge in [0, 0.05) is 36.2 Å². The van der Waals surface area contributed by atoms with Gasteiger partial charge in [-0.1, -0.05) is 11.6 Å². The highest BCUT2D eigenvalue weighted by atomic mass is 35.5. The van der Waals surface area contributed by atoms with Crippen LogP contribution >= 0.6 is 11.6 Å². The summed E-state index contributed by atoms with van der Waals surface area (Å²) in [6.07, 6.45) is 5.45. The van der Waals surface area contributed by atoms with Crippen LogP contribution < -0.4 is 5.32 Å². The summed E-state index contributed by atoms with van der Waals surface area (Å²) in [5.41, 5.74) is 2.98. The molecule has 2 rings (SSSR count). The smallest absolute Gasteiger partial charge is 0.0819 e. The molecule has 0 aliphatic heterocycles. The molecule has 0 aromatic carbocycles. The lowest BCUT2D eigenvalue weighted by Gasteiger charge is -2.21. The molecule has 4 nitrogen and oxygen atoms in total. The highest BCUT2D eigenvalue weighted by Crippen LogP contribution is 2.19. The minimum Gasteiger partial charge on any atom is -0.308 e. The molecule has 0 bridgehead atoms. The van der Waals surface area contributed by atoms with Crippen molar-refractivity contribution in [3.05, 3.63) is 40.9 Å². The van der Waals surface area contributed by atoms with Crippen LogP contribution in [-0.2, 0) is 6.54 Å². The Morgan fingerprint density at radius 1 is 1.37 bits per heavy atom. The fourth-order valence-electron chi connectivity index (χ4n) is 1.70. The molecule has 0 saturated heterocycles. The van der Waals surface area contributed by atoms with E-state index in [0.29, 0.717) is 5.02 Å². The van der Waals surface area contributed by atoms with Crippen molar-refractivity contribution < 1.29 is 0 Å². The number of rotatable bonds is 3. The van der Waals surface area contributed by atoms with Crippen molar-refractivity contribution in [2.45, 2.75) is 39.8 Å². The third-order valence-electron chi connectivity index (χ3n) is 2.77. The Balaban J connectivity index is 2.31. The van der Waals surface area contributed by atoms with Crippen molar-refractivity contribution in [1.29, 1.82) is 0 Å². The van der Waals surface area contributed by atoms with E-state index >= 15 is 0 Å². The average molecular weight is 279 g/mol. The molecule has 0 amide bonds. The van der Waals surface area contributed by atoms with Gasteiger partial charge in [-0.05, 0) is 33.8 Å². The highest BCUT2D eigenvalue weighted by molar-refractivity contribution is 6.31. The van der Waals surface area contributed by atoms with E-state index in [1.165, 1.54) is 0 Å². The third kappa shape index (κ3) is 3.55. The quantitative estimate of drug-likeness (QED) is 0.938. The summed E-state index contributed by atoms with van der Waals surface area (Å²) in [5.74, 6) is 0. The minimum absolute atomic E-state index is 0.0603. The van der Waals surface area contributed by atoms with E-state index in [1.807, 2.05) is 25.4 Å². The maximum Gasteiger partial charge on any atom is 0.0819 e. The Morgan fingerprint density at radius 2 is 2.11 bits per heavy atom. The van der Waals surface area contributed by atoms with Crippen LogP contribution in [0.3, 0.4) is 0 Å². The number of halogens is 1. The predicted octanol–water partition coefficient (Wildman–Crippen LogP) is 3.12. The number of aryl methyl sites for hydroxylation is 1. The van der Waals surface area contributed by atoms with Gasteiger partial charge in [0.2, 0.25) is 0 Å². The van der Waals surface area contributed by atoms with Crippen molar-refractivity contribution in [3.8, 4) is 5.69 Å². The van der Waals surface area contributed by atoms with Gasteiger partial charge in [-0.15, -0.1) is 0 Å². The number of hydrogen-bond acceptors (Lipinski definition) is 3. The van der Waals surface area contributed by atoms with E-state index < -0.39 is 0 Å². The van der Waals surface area contributed by atoms with Gasteiger partial charge < -0.3 is 5.32 Å². The van der Waals surface area contributed by atoms with Gasteiger partial charge in [-0.3, -0.25) is 4.98 Å². The fraction of sp³-hybridized carbons (Fsp3) is 0.429. The molecule has 0 fully saturated rings. The first-order chi connectivity index (χ1) is 8.87. The van der Waals surface area contributed by atoms with E-state index in [0.717, 1.165) is 23.5 Å². The summed E-state index contributed by atoms with van der Waals surface area (Å²) in [4.78, 5) is 4.19. The maximum absolute atomic E-state index is 6.07. The zero-order valence-electron chi connectivity index (χ0n) is 11.7. The fourth-order valence-corrected chi connectivity index (χ4v) is 1.83. The summed E-state index contributed by atoms with van der Waals surface area (Å²) in [5, 5.41) is 8.54. The van der Waals surface area contributed by atoms with Crippen LogP contribution in [0.15, 0.2) is 24.7 Å². The standard InChI is InChI=1S/C14H19ClN4/c1-10-12(15)9-19(18-10)13-5-6-16-7-11(13)8-17-14(2,3)4/h5-7,9,17H,8H2,1-4H3. The monoisotopic (exact) mass is 278 g/mol. The Hall–Kier alpha value is -1.39. The van der Waals surface area contributed by atoms with Crippen molar-refractivity contribution >= 4 is 11.6 Å². The normalized spacial score (nSPS) is 11.8. The first kappa shape index (κ1) is 14.0. The second-order valence-corrected chi connectivity index (χ2v) is 6.02. The van der Waals surface area contributed by atoms with Crippen LogP contribution in [0, 0.1) is 6.92 Å². The molecule has 102 valence electrons. The zero-order valence-corrected chi connectivity index (χ0v) is 12.5. The lowest BCUT2D eigenvalue weighted by Crippen LogP contribution is -2.35. The van der Waals surface area contributed by atoms with Crippen LogP contribution in [0.2, 0.25) is 5.02 Å². The Kier molecular flexibility index (Phi) is 3.92. The molecule has 5 heteroatoms. The Morgan fingerprint density at radius 3 is 2.68 bits per heavy atom. The molecule has 19 heavy (non-hydrogen) atoms. The van der Waals surface area contributed by atoms with Gasteiger partial charge in [-0.2, -0.15) is 5.10 Å². The lowest BCUT2D eigenvalue weighted by atomic mass is 10.1. The van der Waals surface area contributed by atoms with Crippen molar-refractivity contribution in [3.63, 3.8) is 0 Å². The first-order valence-electron chi connectivity index (χ1n) is 6.27. The molecular weight excluding hydrogens is 260 g/mol. The van der Waals surface area contributed by atoms with Crippen LogP contribution in [0.5, 0.6) is 0 Å². The topological polar surface area (TPSA) is 42.7 Å². The van der Waals surface area contributed by atoms with Gasteiger partial charge in [-0.25, -0.2) is 4.68 Å². The zero-order chi connectivity index (χ0) is 14.0. The molecule has 0 aliphatic rings. The molecule has 2 aromatic rings. The molecule has 0 aliphatic carbocycles. The van der Waals surface area contributed by atoms with Crippen LogP contribution in [0.4, 0.5) is 0 Å². The number of nitrogens with one attached hydrogen (secondary N) is 1. The van der Waals surface area contributed by atoms with E-state index in [-0.39, 0.29) is 5.54 Å². The summed E-state index contributed by atoms with van der Waals surface area (Å²) in [6.45, 7) is 9.05. The number of nitrogens with zero attached hydrogens (tertiary/aromatic N) is 3. The van der Waals surface area contributed by atoms with Gasteiger partial charge in [0.05, 0.1) is 16.4 Å².